The Morgan fingerprint density at radius 1 is 1.21 bits per heavy atom. The maximum Gasteiger partial charge on any atom is 0.257 e. The largest absolute Gasteiger partial charge is 0.396 e. The summed E-state index contributed by atoms with van der Waals surface area (Å²) in [6, 6.07) is 3.89. The fraction of sp³-hybridized carbons (Fsp3) is 0.381. The van der Waals surface area contributed by atoms with Gasteiger partial charge in [-0.05, 0) is 33.3 Å². The molecule has 5 rings (SSSR count). The number of anilines is 2. The normalized spacial score (nSPS) is 18.2. The van der Waals surface area contributed by atoms with Gasteiger partial charge in [-0.2, -0.15) is 9.19 Å². The van der Waals surface area contributed by atoms with Crippen molar-refractivity contribution in [2.75, 3.05) is 11.9 Å². The first-order valence-electron chi connectivity index (χ1n) is 10.6. The smallest absolute Gasteiger partial charge is 0.257 e. The number of aryl methyl sites for hydroxylation is 1. The molecule has 4 aromatic rings. The minimum Gasteiger partial charge on any atom is -0.396 e. The number of rotatable bonds is 7. The summed E-state index contributed by atoms with van der Waals surface area (Å²) in [4.78, 5) is 17.7. The predicted molar refractivity (Wildman–Crippen MR) is 122 cm³/mol. The summed E-state index contributed by atoms with van der Waals surface area (Å²) in [6.45, 7) is 6.03. The molecule has 4 aromatic heterocycles. The van der Waals surface area contributed by atoms with E-state index in [0.29, 0.717) is 29.4 Å². The zero-order chi connectivity index (χ0) is 23.3. The SMILES string of the molecule is Cc1nc2cnc(Nc3ccnc(-c4cnn(S(=O)(=O)C5CC5CO)c4)n3)cc2n1C(C)C. The second-order valence-electron chi connectivity index (χ2n) is 8.43. The summed E-state index contributed by atoms with van der Waals surface area (Å²) in [5, 5.41) is 15.8. The number of hydrogen-bond acceptors (Lipinski definition) is 9. The van der Waals surface area contributed by atoms with Crippen molar-refractivity contribution in [3.8, 4) is 11.4 Å². The summed E-state index contributed by atoms with van der Waals surface area (Å²) in [5.74, 6) is 2.15. The average molecular weight is 469 g/mol. The standard InChI is InChI=1S/C21H24N8O3S/c1-12(2)29-13(3)25-16-9-23-20(7-17(16)29)26-19-4-5-22-21(27-19)15-8-24-28(10-15)33(31,32)18-6-14(18)11-30/h4-5,7-10,12,14,18,30H,6,11H2,1-3H3,(H,22,23,26,27). The van der Waals surface area contributed by atoms with Crippen LogP contribution in [0.5, 0.6) is 0 Å². The van der Waals surface area contributed by atoms with Gasteiger partial charge in [0.1, 0.15) is 23.0 Å². The number of nitrogens with zero attached hydrogens (tertiary/aromatic N) is 7. The molecule has 0 aromatic carbocycles. The number of fused-ring (bicyclic) bond motifs is 1. The van der Waals surface area contributed by atoms with Crippen molar-refractivity contribution in [3.05, 3.63) is 42.7 Å². The van der Waals surface area contributed by atoms with Crippen LogP contribution in [0.15, 0.2) is 36.9 Å². The van der Waals surface area contributed by atoms with E-state index in [4.69, 9.17) is 0 Å². The van der Waals surface area contributed by atoms with Gasteiger partial charge in [0.2, 0.25) is 0 Å². The molecule has 4 heterocycles. The molecule has 0 amide bonds. The molecule has 2 atom stereocenters. The van der Waals surface area contributed by atoms with E-state index in [1.54, 1.807) is 18.5 Å². The van der Waals surface area contributed by atoms with Gasteiger partial charge in [-0.1, -0.05) is 0 Å². The molecule has 1 aliphatic rings. The summed E-state index contributed by atoms with van der Waals surface area (Å²) in [7, 11) is -3.65. The number of pyridine rings is 1. The van der Waals surface area contributed by atoms with E-state index in [0.717, 1.165) is 20.9 Å². The van der Waals surface area contributed by atoms with Crippen LogP contribution >= 0.6 is 0 Å². The van der Waals surface area contributed by atoms with Crippen LogP contribution in [0.4, 0.5) is 11.6 Å². The summed E-state index contributed by atoms with van der Waals surface area (Å²) in [6.07, 6.45) is 6.56. The van der Waals surface area contributed by atoms with Crippen molar-refractivity contribution in [2.24, 2.45) is 5.92 Å². The highest BCUT2D eigenvalue weighted by Gasteiger charge is 2.48. The Morgan fingerprint density at radius 3 is 2.76 bits per heavy atom. The summed E-state index contributed by atoms with van der Waals surface area (Å²) >= 11 is 0. The molecule has 1 aliphatic carbocycles. The van der Waals surface area contributed by atoms with Gasteiger partial charge < -0.3 is 15.0 Å². The fourth-order valence-electron chi connectivity index (χ4n) is 4.01. The van der Waals surface area contributed by atoms with E-state index in [2.05, 4.69) is 48.8 Å². The maximum absolute atomic E-state index is 12.6. The third kappa shape index (κ3) is 3.85. The first-order valence-corrected chi connectivity index (χ1v) is 12.1. The zero-order valence-electron chi connectivity index (χ0n) is 18.4. The Morgan fingerprint density at radius 2 is 2.03 bits per heavy atom. The lowest BCUT2D eigenvalue weighted by molar-refractivity contribution is 0.276. The van der Waals surface area contributed by atoms with Gasteiger partial charge in [0.05, 0.1) is 34.9 Å². The minimum atomic E-state index is -3.65. The molecule has 12 heteroatoms. The number of hydrogen-bond donors (Lipinski definition) is 2. The number of aliphatic hydroxyl groups is 1. The van der Waals surface area contributed by atoms with E-state index >= 15 is 0 Å². The maximum atomic E-state index is 12.6. The van der Waals surface area contributed by atoms with Crippen LogP contribution in [0.2, 0.25) is 0 Å². The lowest BCUT2D eigenvalue weighted by Crippen LogP contribution is -2.20. The molecule has 1 saturated carbocycles. The molecule has 172 valence electrons. The van der Waals surface area contributed by atoms with Crippen LogP contribution in [0.25, 0.3) is 22.4 Å². The molecule has 2 N–H and O–H groups in total. The van der Waals surface area contributed by atoms with Crippen molar-refractivity contribution in [1.82, 2.24) is 33.7 Å². The van der Waals surface area contributed by atoms with Gasteiger partial charge in [0, 0.05) is 30.8 Å². The average Bonchev–Trinajstić information content (AvgIpc) is 3.28. The molecule has 0 spiro atoms. The summed E-state index contributed by atoms with van der Waals surface area (Å²) in [5.41, 5.74) is 2.27. The van der Waals surface area contributed by atoms with Crippen molar-refractivity contribution >= 4 is 32.7 Å². The highest BCUT2D eigenvalue weighted by atomic mass is 32.2. The third-order valence-electron chi connectivity index (χ3n) is 5.73. The second-order valence-corrected chi connectivity index (χ2v) is 10.4. The number of nitrogens with one attached hydrogen (secondary N) is 1. The van der Waals surface area contributed by atoms with Crippen molar-refractivity contribution in [3.63, 3.8) is 0 Å². The minimum absolute atomic E-state index is 0.147. The fourth-order valence-corrected chi connectivity index (χ4v) is 5.79. The van der Waals surface area contributed by atoms with Gasteiger partial charge in [0.15, 0.2) is 5.82 Å². The molecule has 0 saturated heterocycles. The second kappa shape index (κ2) is 7.89. The lowest BCUT2D eigenvalue weighted by Gasteiger charge is -2.11. The van der Waals surface area contributed by atoms with Crippen LogP contribution in [-0.4, -0.2) is 59.1 Å². The van der Waals surface area contributed by atoms with Crippen molar-refractivity contribution in [2.45, 2.75) is 38.5 Å². The summed E-state index contributed by atoms with van der Waals surface area (Å²) < 4.78 is 28.3. The zero-order valence-corrected chi connectivity index (χ0v) is 19.2. The van der Waals surface area contributed by atoms with Gasteiger partial charge in [-0.15, -0.1) is 0 Å². The molecule has 33 heavy (non-hydrogen) atoms. The molecule has 0 bridgehead atoms. The van der Waals surface area contributed by atoms with E-state index in [9.17, 15) is 13.5 Å². The van der Waals surface area contributed by atoms with Crippen LogP contribution < -0.4 is 5.32 Å². The van der Waals surface area contributed by atoms with E-state index in [-0.39, 0.29) is 18.6 Å². The van der Waals surface area contributed by atoms with E-state index in [1.807, 2.05) is 13.0 Å². The van der Waals surface area contributed by atoms with Gasteiger partial charge in [-0.25, -0.2) is 28.4 Å². The first-order chi connectivity index (χ1) is 15.8. The van der Waals surface area contributed by atoms with Gasteiger partial charge in [-0.3, -0.25) is 0 Å². The van der Waals surface area contributed by atoms with Gasteiger partial charge >= 0.3 is 0 Å². The molecular weight excluding hydrogens is 444 g/mol. The first kappa shape index (κ1) is 21.5. The molecule has 11 nitrogen and oxygen atoms in total. The quantitative estimate of drug-likeness (QED) is 0.418. The van der Waals surface area contributed by atoms with Gasteiger partial charge in [0.25, 0.3) is 10.0 Å². The van der Waals surface area contributed by atoms with Crippen LogP contribution in [0.1, 0.15) is 32.1 Å². The lowest BCUT2D eigenvalue weighted by atomic mass is 10.3. The van der Waals surface area contributed by atoms with Crippen LogP contribution in [0, 0.1) is 12.8 Å². The Bertz CT molecular complexity index is 1440. The van der Waals surface area contributed by atoms with E-state index in [1.165, 1.54) is 12.4 Å². The van der Waals surface area contributed by atoms with Crippen molar-refractivity contribution < 1.29 is 13.5 Å². The molecule has 2 unspecified atom stereocenters. The molecule has 1 fully saturated rings. The van der Waals surface area contributed by atoms with Crippen LogP contribution in [0.3, 0.4) is 0 Å². The Hall–Kier alpha value is -3.38. The predicted octanol–water partition coefficient (Wildman–Crippen LogP) is 2.28. The van der Waals surface area contributed by atoms with Crippen molar-refractivity contribution in [1.29, 1.82) is 0 Å². The molecule has 0 radical (unpaired) electrons. The molecular formula is C21H24N8O3S. The van der Waals surface area contributed by atoms with E-state index < -0.39 is 15.3 Å². The molecule has 0 aliphatic heterocycles. The number of aromatic nitrogens is 7. The monoisotopic (exact) mass is 468 g/mol. The van der Waals surface area contributed by atoms with Crippen LogP contribution in [-0.2, 0) is 10.0 Å². The number of imidazole rings is 1. The third-order valence-corrected chi connectivity index (χ3v) is 7.80. The Balaban J connectivity index is 1.41. The Labute approximate surface area is 190 Å². The highest BCUT2D eigenvalue weighted by molar-refractivity contribution is 7.90. The Kier molecular flexibility index (Phi) is 5.13. The topological polar surface area (TPSA) is 141 Å². The number of aliphatic hydroxyl groups excluding tert-OH is 1. The highest BCUT2D eigenvalue weighted by Crippen LogP contribution is 2.37.